The third-order valence-electron chi connectivity index (χ3n) is 8.38. The molecule has 1 atom stereocenters. The van der Waals surface area contributed by atoms with Gasteiger partial charge in [-0.05, 0) is 116 Å². The Balaban J connectivity index is 0.000000265. The summed E-state index contributed by atoms with van der Waals surface area (Å²) in [7, 11) is 1.64. The zero-order valence-corrected chi connectivity index (χ0v) is 22.2. The molecule has 1 N–H and O–H groups in total. The van der Waals surface area contributed by atoms with Crippen molar-refractivity contribution in [2.24, 2.45) is 17.8 Å². The molecule has 6 heteroatoms. The number of methoxy groups -OCH3 is 1. The summed E-state index contributed by atoms with van der Waals surface area (Å²) in [6.07, 6.45) is 7.93. The first-order valence-electron chi connectivity index (χ1n) is 13.1. The van der Waals surface area contributed by atoms with Crippen LogP contribution in [-0.2, 0) is 14.9 Å². The molecule has 4 aliphatic carbocycles. The Kier molecular flexibility index (Phi) is 7.75. The van der Waals surface area contributed by atoms with Crippen LogP contribution in [0.1, 0.15) is 61.4 Å². The Labute approximate surface area is 223 Å². The predicted octanol–water partition coefficient (Wildman–Crippen LogP) is 7.69. The molecule has 4 saturated carbocycles. The lowest BCUT2D eigenvalue weighted by molar-refractivity contribution is -0.150. The van der Waals surface area contributed by atoms with Crippen molar-refractivity contribution in [2.75, 3.05) is 13.9 Å². The number of halogens is 1. The van der Waals surface area contributed by atoms with Crippen LogP contribution in [0.4, 0.5) is 0 Å². The first kappa shape index (κ1) is 26.0. The Morgan fingerprint density at radius 1 is 0.973 bits per heavy atom. The van der Waals surface area contributed by atoms with Crippen molar-refractivity contribution in [3.8, 4) is 5.75 Å². The SMILES string of the molecule is COC(C)OCOc1cc2ccc(Cl)cc2cc1C12CC3CC(CC(C3)C1)C2.O=C(O)c1ccccc1. The van der Waals surface area contributed by atoms with Gasteiger partial charge in [0.15, 0.2) is 13.1 Å². The van der Waals surface area contributed by atoms with Crippen LogP contribution in [-0.4, -0.2) is 31.3 Å². The smallest absolute Gasteiger partial charge is 0.335 e. The highest BCUT2D eigenvalue weighted by atomic mass is 35.5. The van der Waals surface area contributed by atoms with Crippen molar-refractivity contribution in [2.45, 2.75) is 57.2 Å². The van der Waals surface area contributed by atoms with Gasteiger partial charge in [0.2, 0.25) is 0 Å². The summed E-state index contributed by atoms with van der Waals surface area (Å²) in [5.41, 5.74) is 1.96. The summed E-state index contributed by atoms with van der Waals surface area (Å²) in [4.78, 5) is 10.2. The van der Waals surface area contributed by atoms with E-state index in [4.69, 9.17) is 30.9 Å². The molecule has 3 aromatic carbocycles. The van der Waals surface area contributed by atoms with Crippen LogP contribution in [0.3, 0.4) is 0 Å². The normalized spacial score (nSPS) is 26.4. The summed E-state index contributed by atoms with van der Waals surface area (Å²) < 4.78 is 17.0. The molecule has 0 saturated heterocycles. The minimum absolute atomic E-state index is 0.202. The van der Waals surface area contributed by atoms with E-state index in [9.17, 15) is 4.79 Å². The summed E-state index contributed by atoms with van der Waals surface area (Å²) in [5.74, 6) is 2.76. The number of benzene rings is 3. The lowest BCUT2D eigenvalue weighted by Gasteiger charge is -2.57. The van der Waals surface area contributed by atoms with E-state index in [-0.39, 0.29) is 18.5 Å². The van der Waals surface area contributed by atoms with E-state index < -0.39 is 5.97 Å². The van der Waals surface area contributed by atoms with Gasteiger partial charge in [0.25, 0.3) is 0 Å². The molecule has 0 aromatic heterocycles. The Morgan fingerprint density at radius 2 is 1.62 bits per heavy atom. The van der Waals surface area contributed by atoms with Gasteiger partial charge < -0.3 is 19.3 Å². The first-order chi connectivity index (χ1) is 17.8. The quantitative estimate of drug-likeness (QED) is 0.322. The minimum atomic E-state index is -0.879. The molecule has 4 bridgehead atoms. The van der Waals surface area contributed by atoms with Crippen LogP contribution >= 0.6 is 11.6 Å². The summed E-state index contributed by atoms with van der Waals surface area (Å²) in [5, 5.41) is 11.5. The number of fused-ring (bicyclic) bond motifs is 1. The minimum Gasteiger partial charge on any atom is -0.478 e. The standard InChI is InChI=1S/C24H29ClO3.C7H6O2/c1-15(26-2)27-14-28-23-10-19-3-4-21(25)8-20(19)9-22(23)24-11-16-5-17(12-24)7-18(6-16)13-24;8-7(9)6-4-2-1-3-5-6/h3-4,8-10,15-18H,5-7,11-14H2,1-2H3;1-5H,(H,8,9). The largest absolute Gasteiger partial charge is 0.478 e. The highest BCUT2D eigenvalue weighted by Crippen LogP contribution is 2.62. The first-order valence-corrected chi connectivity index (χ1v) is 13.5. The molecular weight excluding hydrogens is 488 g/mol. The van der Waals surface area contributed by atoms with E-state index in [1.807, 2.05) is 13.0 Å². The number of carboxylic acids is 1. The summed E-state index contributed by atoms with van der Waals surface area (Å²) in [6, 6.07) is 18.9. The maximum absolute atomic E-state index is 10.2. The average molecular weight is 523 g/mol. The number of carbonyl (C=O) groups is 1. The molecule has 196 valence electrons. The number of carboxylic acid groups (broad SMARTS) is 1. The second kappa shape index (κ2) is 11.0. The van der Waals surface area contributed by atoms with E-state index in [0.29, 0.717) is 5.56 Å². The van der Waals surface area contributed by atoms with Gasteiger partial charge in [-0.25, -0.2) is 4.79 Å². The van der Waals surface area contributed by atoms with E-state index >= 15 is 0 Å². The molecule has 4 aliphatic rings. The maximum atomic E-state index is 10.2. The topological polar surface area (TPSA) is 65.0 Å². The van der Waals surface area contributed by atoms with Gasteiger partial charge in [-0.1, -0.05) is 35.9 Å². The van der Waals surface area contributed by atoms with E-state index in [2.05, 4.69) is 24.3 Å². The van der Waals surface area contributed by atoms with Crippen molar-refractivity contribution in [1.29, 1.82) is 0 Å². The van der Waals surface area contributed by atoms with Crippen LogP contribution in [0.5, 0.6) is 5.75 Å². The number of rotatable bonds is 7. The van der Waals surface area contributed by atoms with Crippen LogP contribution in [0.15, 0.2) is 60.7 Å². The highest BCUT2D eigenvalue weighted by Gasteiger charge is 2.52. The molecular formula is C31H35ClO5. The van der Waals surface area contributed by atoms with Crippen LogP contribution in [0, 0.1) is 17.8 Å². The zero-order valence-electron chi connectivity index (χ0n) is 21.5. The van der Waals surface area contributed by atoms with Crippen molar-refractivity contribution >= 4 is 28.3 Å². The third-order valence-corrected chi connectivity index (χ3v) is 8.62. The lowest BCUT2D eigenvalue weighted by Crippen LogP contribution is -2.48. The summed E-state index contributed by atoms with van der Waals surface area (Å²) >= 11 is 6.30. The fourth-order valence-electron chi connectivity index (χ4n) is 7.06. The van der Waals surface area contributed by atoms with Crippen molar-refractivity contribution < 1.29 is 24.1 Å². The average Bonchev–Trinajstić information content (AvgIpc) is 2.88. The Hall–Kier alpha value is -2.60. The molecule has 0 radical (unpaired) electrons. The molecule has 0 heterocycles. The molecule has 0 aliphatic heterocycles. The maximum Gasteiger partial charge on any atom is 0.335 e. The molecule has 37 heavy (non-hydrogen) atoms. The highest BCUT2D eigenvalue weighted by molar-refractivity contribution is 6.31. The molecule has 7 rings (SSSR count). The van der Waals surface area contributed by atoms with Gasteiger partial charge in [0, 0.05) is 17.7 Å². The van der Waals surface area contributed by atoms with E-state index in [0.717, 1.165) is 33.9 Å². The van der Waals surface area contributed by atoms with Gasteiger partial charge in [-0.2, -0.15) is 0 Å². The van der Waals surface area contributed by atoms with E-state index in [1.165, 1.54) is 49.5 Å². The molecule has 0 spiro atoms. The second-order valence-electron chi connectivity index (χ2n) is 10.9. The zero-order chi connectivity index (χ0) is 26.0. The second-order valence-corrected chi connectivity index (χ2v) is 11.4. The number of aromatic carboxylic acids is 1. The molecule has 0 amide bonds. The van der Waals surface area contributed by atoms with Gasteiger partial charge in [0.05, 0.1) is 5.56 Å². The van der Waals surface area contributed by atoms with Crippen LogP contribution in [0.2, 0.25) is 5.02 Å². The van der Waals surface area contributed by atoms with Crippen molar-refractivity contribution in [3.63, 3.8) is 0 Å². The fourth-order valence-corrected chi connectivity index (χ4v) is 7.24. The Bertz CT molecular complexity index is 1210. The van der Waals surface area contributed by atoms with Gasteiger partial charge in [-0.3, -0.25) is 0 Å². The van der Waals surface area contributed by atoms with Gasteiger partial charge >= 0.3 is 5.97 Å². The van der Waals surface area contributed by atoms with Crippen molar-refractivity contribution in [3.05, 3.63) is 76.8 Å². The van der Waals surface area contributed by atoms with Crippen LogP contribution in [0.25, 0.3) is 10.8 Å². The monoisotopic (exact) mass is 522 g/mol. The molecule has 3 aromatic rings. The molecule has 4 fully saturated rings. The molecule has 5 nitrogen and oxygen atoms in total. The third kappa shape index (κ3) is 5.79. The van der Waals surface area contributed by atoms with Gasteiger partial charge in [-0.15, -0.1) is 0 Å². The molecule has 1 unspecified atom stereocenters. The van der Waals surface area contributed by atoms with Crippen LogP contribution < -0.4 is 4.74 Å². The lowest BCUT2D eigenvalue weighted by atomic mass is 9.48. The predicted molar refractivity (Wildman–Crippen MR) is 145 cm³/mol. The summed E-state index contributed by atoms with van der Waals surface area (Å²) in [6.45, 7) is 2.08. The Morgan fingerprint density at radius 3 is 2.19 bits per heavy atom. The number of hydrogen-bond acceptors (Lipinski definition) is 4. The number of ether oxygens (including phenoxy) is 3. The number of hydrogen-bond donors (Lipinski definition) is 1. The van der Waals surface area contributed by atoms with Crippen molar-refractivity contribution in [1.82, 2.24) is 0 Å². The fraction of sp³-hybridized carbons (Fsp3) is 0.452. The van der Waals surface area contributed by atoms with Gasteiger partial charge in [0.1, 0.15) is 5.75 Å². The van der Waals surface area contributed by atoms with E-state index in [1.54, 1.807) is 37.4 Å².